The molecule has 0 amide bonds. The van der Waals surface area contributed by atoms with E-state index in [1.165, 1.54) is 20.2 Å². The number of pyridine rings is 1. The maximum Gasteiger partial charge on any atom is 0.165 e. The Kier molecular flexibility index (Phi) is 3.47. The van der Waals surface area contributed by atoms with E-state index in [1.54, 1.807) is 23.7 Å². The van der Waals surface area contributed by atoms with Crippen LogP contribution in [0.4, 0.5) is 0 Å². The number of benzene rings is 2. The Labute approximate surface area is 154 Å². The van der Waals surface area contributed by atoms with Crippen molar-refractivity contribution in [1.29, 1.82) is 0 Å². The summed E-state index contributed by atoms with van der Waals surface area (Å²) in [6.07, 6.45) is 3.52. The van der Waals surface area contributed by atoms with Gasteiger partial charge < -0.3 is 0 Å². The number of hydrogen-bond acceptors (Lipinski definition) is 5. The quantitative estimate of drug-likeness (QED) is 0.433. The first-order chi connectivity index (χ1) is 12.8. The number of aryl methyl sites for hydroxylation is 1. The number of rotatable bonds is 2. The van der Waals surface area contributed by atoms with E-state index in [4.69, 9.17) is 4.98 Å². The minimum atomic E-state index is 0.650. The molecule has 0 radical (unpaired) electrons. The van der Waals surface area contributed by atoms with E-state index < -0.39 is 0 Å². The summed E-state index contributed by atoms with van der Waals surface area (Å²) in [6, 6.07) is 18.6. The van der Waals surface area contributed by atoms with Crippen LogP contribution in [0.2, 0.25) is 0 Å². The lowest BCUT2D eigenvalue weighted by atomic mass is 10.1. The van der Waals surface area contributed by atoms with Crippen molar-refractivity contribution in [2.45, 2.75) is 6.92 Å². The molecular weight excluding hydrogens is 340 g/mol. The highest BCUT2D eigenvalue weighted by Gasteiger charge is 2.14. The molecule has 0 saturated carbocycles. The third-order valence-electron chi connectivity index (χ3n) is 4.31. The number of aromatic nitrogens is 4. The smallest absolute Gasteiger partial charge is 0.165 e. The van der Waals surface area contributed by atoms with Crippen LogP contribution in [0.25, 0.3) is 42.9 Å². The Morgan fingerprint density at radius 1 is 0.769 bits per heavy atom. The van der Waals surface area contributed by atoms with E-state index >= 15 is 0 Å². The highest BCUT2D eigenvalue weighted by atomic mass is 32.1. The molecule has 5 rings (SSSR count). The second-order valence-electron chi connectivity index (χ2n) is 6.05. The van der Waals surface area contributed by atoms with Crippen molar-refractivity contribution < 1.29 is 0 Å². The highest BCUT2D eigenvalue weighted by Crippen LogP contribution is 2.39. The van der Waals surface area contributed by atoms with Gasteiger partial charge in [-0.15, -0.1) is 11.3 Å². The minimum absolute atomic E-state index is 0.650. The lowest BCUT2D eigenvalue weighted by Crippen LogP contribution is -1.99. The van der Waals surface area contributed by atoms with Gasteiger partial charge in [0.05, 0.1) is 0 Å². The van der Waals surface area contributed by atoms with Crippen molar-refractivity contribution in [3.8, 4) is 22.8 Å². The summed E-state index contributed by atoms with van der Waals surface area (Å²) in [5.41, 5.74) is 1.93. The molecule has 0 N–H and O–H groups in total. The maximum atomic E-state index is 4.75. The van der Waals surface area contributed by atoms with Gasteiger partial charge in [-0.05, 0) is 31.2 Å². The van der Waals surface area contributed by atoms with E-state index in [0.717, 1.165) is 11.1 Å². The monoisotopic (exact) mass is 354 g/mol. The molecule has 5 aromatic rings. The molecule has 0 bridgehead atoms. The summed E-state index contributed by atoms with van der Waals surface area (Å²) in [6.45, 7) is 1.90. The van der Waals surface area contributed by atoms with Crippen LogP contribution >= 0.6 is 11.3 Å². The number of fused-ring (bicyclic) bond motifs is 3. The van der Waals surface area contributed by atoms with Crippen molar-refractivity contribution in [2.24, 2.45) is 0 Å². The van der Waals surface area contributed by atoms with E-state index in [0.29, 0.717) is 17.5 Å². The molecule has 4 nitrogen and oxygen atoms in total. The third kappa shape index (κ3) is 2.45. The molecule has 0 aliphatic heterocycles. The third-order valence-corrected chi connectivity index (χ3v) is 5.45. The molecule has 26 heavy (non-hydrogen) atoms. The second-order valence-corrected chi connectivity index (χ2v) is 7.13. The SMILES string of the molecule is Cc1nc(-c2cccnc2)nc(-c2cccc3sc4ccccc4c23)n1. The lowest BCUT2D eigenvalue weighted by Gasteiger charge is -2.07. The van der Waals surface area contributed by atoms with Crippen molar-refractivity contribution >= 4 is 31.5 Å². The number of hydrogen-bond donors (Lipinski definition) is 0. The fourth-order valence-corrected chi connectivity index (χ4v) is 4.32. The van der Waals surface area contributed by atoms with E-state index in [1.807, 2.05) is 19.1 Å². The topological polar surface area (TPSA) is 51.6 Å². The van der Waals surface area contributed by atoms with Crippen LogP contribution in [0.3, 0.4) is 0 Å². The highest BCUT2D eigenvalue weighted by molar-refractivity contribution is 7.25. The summed E-state index contributed by atoms with van der Waals surface area (Å²) in [4.78, 5) is 18.1. The molecule has 3 heterocycles. The fourth-order valence-electron chi connectivity index (χ4n) is 3.19. The summed E-state index contributed by atoms with van der Waals surface area (Å²) in [5.74, 6) is 2.05. The molecule has 0 aliphatic carbocycles. The molecular formula is C21H14N4S. The van der Waals surface area contributed by atoms with Crippen molar-refractivity contribution in [3.05, 3.63) is 72.8 Å². The van der Waals surface area contributed by atoms with Crippen LogP contribution < -0.4 is 0 Å². The average molecular weight is 354 g/mol. The fraction of sp³-hybridized carbons (Fsp3) is 0.0476. The van der Waals surface area contributed by atoms with E-state index in [-0.39, 0.29) is 0 Å². The van der Waals surface area contributed by atoms with Crippen LogP contribution in [0.1, 0.15) is 5.82 Å². The zero-order valence-electron chi connectivity index (χ0n) is 14.0. The van der Waals surface area contributed by atoms with Crippen LogP contribution in [0, 0.1) is 6.92 Å². The Bertz CT molecular complexity index is 1250. The molecule has 5 heteroatoms. The van der Waals surface area contributed by atoms with Crippen LogP contribution in [0.15, 0.2) is 67.0 Å². The predicted molar refractivity (Wildman–Crippen MR) is 106 cm³/mol. The Morgan fingerprint density at radius 2 is 1.62 bits per heavy atom. The molecule has 0 aliphatic rings. The normalized spacial score (nSPS) is 11.3. The van der Waals surface area contributed by atoms with Gasteiger partial charge in [0.15, 0.2) is 11.6 Å². The van der Waals surface area contributed by atoms with Crippen LogP contribution in [-0.2, 0) is 0 Å². The molecule has 0 unspecified atom stereocenters. The predicted octanol–water partition coefficient (Wildman–Crippen LogP) is 5.28. The largest absolute Gasteiger partial charge is 0.264 e. The van der Waals surface area contributed by atoms with E-state index in [9.17, 15) is 0 Å². The molecule has 2 aromatic carbocycles. The summed E-state index contributed by atoms with van der Waals surface area (Å²) < 4.78 is 2.51. The van der Waals surface area contributed by atoms with Gasteiger partial charge in [-0.25, -0.2) is 15.0 Å². The molecule has 3 aromatic heterocycles. The number of thiophene rings is 1. The molecule has 124 valence electrons. The first-order valence-electron chi connectivity index (χ1n) is 8.33. The van der Waals surface area contributed by atoms with Crippen molar-refractivity contribution in [2.75, 3.05) is 0 Å². The Balaban J connectivity index is 1.80. The minimum Gasteiger partial charge on any atom is -0.264 e. The summed E-state index contributed by atoms with van der Waals surface area (Å²) in [5, 5.41) is 2.44. The zero-order chi connectivity index (χ0) is 17.5. The van der Waals surface area contributed by atoms with Gasteiger partial charge in [-0.3, -0.25) is 4.98 Å². The van der Waals surface area contributed by atoms with Crippen molar-refractivity contribution in [3.63, 3.8) is 0 Å². The molecule has 0 fully saturated rings. The Morgan fingerprint density at radius 3 is 2.50 bits per heavy atom. The molecule has 0 spiro atoms. The lowest BCUT2D eigenvalue weighted by molar-refractivity contribution is 0.991. The van der Waals surface area contributed by atoms with Crippen LogP contribution in [0.5, 0.6) is 0 Å². The van der Waals surface area contributed by atoms with Gasteiger partial charge in [0.2, 0.25) is 0 Å². The van der Waals surface area contributed by atoms with Gasteiger partial charge >= 0.3 is 0 Å². The maximum absolute atomic E-state index is 4.75. The summed E-state index contributed by atoms with van der Waals surface area (Å²) >= 11 is 1.79. The van der Waals surface area contributed by atoms with Gasteiger partial charge in [0.25, 0.3) is 0 Å². The zero-order valence-corrected chi connectivity index (χ0v) is 14.9. The summed E-state index contributed by atoms with van der Waals surface area (Å²) in [7, 11) is 0. The first-order valence-corrected chi connectivity index (χ1v) is 9.15. The molecule has 0 saturated heterocycles. The van der Waals surface area contributed by atoms with Gasteiger partial charge in [-0.1, -0.05) is 30.3 Å². The van der Waals surface area contributed by atoms with E-state index in [2.05, 4.69) is 57.4 Å². The molecule has 0 atom stereocenters. The first kappa shape index (κ1) is 15.1. The van der Waals surface area contributed by atoms with Crippen LogP contribution in [-0.4, -0.2) is 19.9 Å². The van der Waals surface area contributed by atoms with Gasteiger partial charge in [-0.2, -0.15) is 0 Å². The Hall–Kier alpha value is -3.18. The van der Waals surface area contributed by atoms with Gasteiger partial charge in [0.1, 0.15) is 5.82 Å². The standard InChI is InChI=1S/C21H14N4S/c1-13-23-20(14-6-5-11-22-12-14)25-21(24-13)16-8-4-10-18-19(16)15-7-2-3-9-17(15)26-18/h2-12H,1H3. The second kappa shape index (κ2) is 5.97. The average Bonchev–Trinajstić information content (AvgIpc) is 3.07. The number of nitrogens with zero attached hydrogens (tertiary/aromatic N) is 4. The van der Waals surface area contributed by atoms with Gasteiger partial charge in [0, 0.05) is 43.7 Å². The van der Waals surface area contributed by atoms with Crippen molar-refractivity contribution in [1.82, 2.24) is 19.9 Å².